The summed E-state index contributed by atoms with van der Waals surface area (Å²) in [7, 11) is 1.48. The second-order valence-corrected chi connectivity index (χ2v) is 3.43. The molecule has 0 aliphatic heterocycles. The van der Waals surface area contributed by atoms with E-state index < -0.39 is 5.91 Å². The van der Waals surface area contributed by atoms with Crippen LogP contribution < -0.4 is 26.7 Å². The SMILES string of the molecule is COc1cc(/C=N\N=C(N)N)ccc1OCC(N)=O. The Bertz CT molecular complexity index is 509. The molecule has 0 aliphatic rings. The molecule has 1 aromatic rings. The molecule has 0 unspecified atom stereocenters. The van der Waals surface area contributed by atoms with E-state index >= 15 is 0 Å². The second kappa shape index (κ2) is 6.84. The van der Waals surface area contributed by atoms with Gasteiger partial charge in [0.15, 0.2) is 18.1 Å². The number of methoxy groups -OCH3 is 1. The third kappa shape index (κ3) is 4.94. The van der Waals surface area contributed by atoms with Crippen molar-refractivity contribution in [3.63, 3.8) is 0 Å². The third-order valence-electron chi connectivity index (χ3n) is 1.94. The number of carbonyl (C=O) groups is 1. The van der Waals surface area contributed by atoms with Crippen LogP contribution in [0.5, 0.6) is 11.5 Å². The molecule has 102 valence electrons. The van der Waals surface area contributed by atoms with E-state index in [0.29, 0.717) is 17.1 Å². The van der Waals surface area contributed by atoms with Crippen molar-refractivity contribution in [2.75, 3.05) is 13.7 Å². The summed E-state index contributed by atoms with van der Waals surface area (Å²) in [6, 6.07) is 4.98. The summed E-state index contributed by atoms with van der Waals surface area (Å²) in [6.45, 7) is -0.224. The average Bonchev–Trinajstić information content (AvgIpc) is 2.36. The van der Waals surface area contributed by atoms with Gasteiger partial charge in [0, 0.05) is 0 Å². The Hall–Kier alpha value is -2.77. The van der Waals surface area contributed by atoms with Crippen molar-refractivity contribution >= 4 is 18.1 Å². The van der Waals surface area contributed by atoms with Crippen LogP contribution >= 0.6 is 0 Å². The number of hydrogen-bond acceptors (Lipinski definition) is 5. The van der Waals surface area contributed by atoms with Crippen molar-refractivity contribution in [3.8, 4) is 11.5 Å². The van der Waals surface area contributed by atoms with E-state index in [1.807, 2.05) is 0 Å². The molecule has 1 aromatic carbocycles. The molecule has 8 nitrogen and oxygen atoms in total. The maximum atomic E-state index is 10.6. The molecule has 19 heavy (non-hydrogen) atoms. The minimum absolute atomic E-state index is 0.135. The number of ether oxygens (including phenoxy) is 2. The van der Waals surface area contributed by atoms with Crippen molar-refractivity contribution in [2.45, 2.75) is 0 Å². The highest BCUT2D eigenvalue weighted by atomic mass is 16.5. The fraction of sp³-hybridized carbons (Fsp3) is 0.182. The van der Waals surface area contributed by atoms with Gasteiger partial charge in [-0.2, -0.15) is 5.10 Å². The summed E-state index contributed by atoms with van der Waals surface area (Å²) >= 11 is 0. The predicted octanol–water partition coefficient (Wildman–Crippen LogP) is -0.833. The molecule has 0 saturated heterocycles. The smallest absolute Gasteiger partial charge is 0.255 e. The third-order valence-corrected chi connectivity index (χ3v) is 1.94. The number of hydrogen-bond donors (Lipinski definition) is 3. The van der Waals surface area contributed by atoms with E-state index in [0.717, 1.165) is 0 Å². The van der Waals surface area contributed by atoms with Gasteiger partial charge < -0.3 is 26.7 Å². The van der Waals surface area contributed by atoms with Gasteiger partial charge >= 0.3 is 0 Å². The van der Waals surface area contributed by atoms with Crippen LogP contribution in [0.15, 0.2) is 28.4 Å². The summed E-state index contributed by atoms with van der Waals surface area (Å²) in [5.74, 6) is 0.139. The van der Waals surface area contributed by atoms with Gasteiger partial charge in [-0.25, -0.2) is 0 Å². The van der Waals surface area contributed by atoms with Gasteiger partial charge in [-0.15, -0.1) is 5.10 Å². The van der Waals surface area contributed by atoms with Gasteiger partial charge in [0.1, 0.15) is 0 Å². The molecule has 0 bridgehead atoms. The van der Waals surface area contributed by atoms with Crippen molar-refractivity contribution in [2.24, 2.45) is 27.4 Å². The van der Waals surface area contributed by atoms with Crippen LogP contribution in [0, 0.1) is 0 Å². The maximum absolute atomic E-state index is 10.6. The second-order valence-electron chi connectivity index (χ2n) is 3.43. The van der Waals surface area contributed by atoms with Crippen LogP contribution in [-0.2, 0) is 4.79 Å². The van der Waals surface area contributed by atoms with Gasteiger partial charge in [-0.1, -0.05) is 0 Å². The lowest BCUT2D eigenvalue weighted by atomic mass is 10.2. The van der Waals surface area contributed by atoms with Gasteiger partial charge in [0.05, 0.1) is 13.3 Å². The van der Waals surface area contributed by atoms with E-state index in [4.69, 9.17) is 26.7 Å². The lowest BCUT2D eigenvalue weighted by Crippen LogP contribution is -2.21. The number of nitrogens with two attached hydrogens (primary N) is 3. The molecule has 0 aromatic heterocycles. The molecule has 0 atom stereocenters. The fourth-order valence-electron chi connectivity index (χ4n) is 1.19. The van der Waals surface area contributed by atoms with Crippen LogP contribution in [0.3, 0.4) is 0 Å². The molecule has 0 radical (unpaired) electrons. The minimum Gasteiger partial charge on any atom is -0.493 e. The van der Waals surface area contributed by atoms with Crippen LogP contribution in [-0.4, -0.2) is 31.8 Å². The normalized spacial score (nSPS) is 10.2. The molecular formula is C11H15N5O3. The fourth-order valence-corrected chi connectivity index (χ4v) is 1.19. The molecular weight excluding hydrogens is 250 g/mol. The zero-order valence-corrected chi connectivity index (χ0v) is 10.4. The van der Waals surface area contributed by atoms with E-state index in [1.54, 1.807) is 18.2 Å². The first kappa shape index (κ1) is 14.3. The maximum Gasteiger partial charge on any atom is 0.255 e. The Balaban J connectivity index is 2.86. The lowest BCUT2D eigenvalue weighted by Gasteiger charge is -2.09. The monoisotopic (exact) mass is 265 g/mol. The highest BCUT2D eigenvalue weighted by Crippen LogP contribution is 2.27. The molecule has 0 heterocycles. The Morgan fingerprint density at radius 3 is 2.63 bits per heavy atom. The number of amides is 1. The number of carbonyl (C=O) groups excluding carboxylic acids is 1. The topological polar surface area (TPSA) is 138 Å². The summed E-state index contributed by atoms with van der Waals surface area (Å²) in [4.78, 5) is 10.6. The Kier molecular flexibility index (Phi) is 5.15. The van der Waals surface area contributed by atoms with E-state index in [-0.39, 0.29) is 12.6 Å². The zero-order chi connectivity index (χ0) is 14.3. The molecule has 0 saturated carbocycles. The standard InChI is InChI=1S/C11H15N5O3/c1-18-9-4-7(5-15-16-11(13)14)2-3-8(9)19-6-10(12)17/h2-5H,6H2,1H3,(H2,12,17)(H4,13,14,16)/b15-5-. The van der Waals surface area contributed by atoms with Crippen molar-refractivity contribution in [1.82, 2.24) is 0 Å². The van der Waals surface area contributed by atoms with Crippen LogP contribution in [0.25, 0.3) is 0 Å². The highest BCUT2D eigenvalue weighted by molar-refractivity contribution is 5.82. The van der Waals surface area contributed by atoms with E-state index in [2.05, 4.69) is 10.2 Å². The predicted molar refractivity (Wildman–Crippen MR) is 71.1 cm³/mol. The molecule has 6 N–H and O–H groups in total. The highest BCUT2D eigenvalue weighted by Gasteiger charge is 2.06. The Labute approximate surface area is 109 Å². The Morgan fingerprint density at radius 2 is 2.05 bits per heavy atom. The number of rotatable bonds is 6. The largest absolute Gasteiger partial charge is 0.493 e. The molecule has 0 fully saturated rings. The first-order valence-electron chi connectivity index (χ1n) is 5.24. The van der Waals surface area contributed by atoms with Gasteiger partial charge in [-0.3, -0.25) is 4.79 Å². The average molecular weight is 265 g/mol. The number of nitrogens with zero attached hydrogens (tertiary/aromatic N) is 2. The van der Waals surface area contributed by atoms with Gasteiger partial charge in [-0.05, 0) is 23.8 Å². The number of benzene rings is 1. The molecule has 0 spiro atoms. The van der Waals surface area contributed by atoms with Crippen LogP contribution in [0.1, 0.15) is 5.56 Å². The zero-order valence-electron chi connectivity index (χ0n) is 10.4. The molecule has 0 aliphatic carbocycles. The summed E-state index contributed by atoms with van der Waals surface area (Å²) in [5, 5.41) is 7.13. The summed E-state index contributed by atoms with van der Waals surface area (Å²) < 4.78 is 10.3. The molecule has 1 amide bonds. The van der Waals surface area contributed by atoms with Gasteiger partial charge in [0.25, 0.3) is 5.91 Å². The minimum atomic E-state index is -0.569. The van der Waals surface area contributed by atoms with Crippen LogP contribution in [0.4, 0.5) is 0 Å². The van der Waals surface area contributed by atoms with Gasteiger partial charge in [0.2, 0.25) is 5.96 Å². The van der Waals surface area contributed by atoms with Crippen molar-refractivity contribution in [1.29, 1.82) is 0 Å². The van der Waals surface area contributed by atoms with Crippen LogP contribution in [0.2, 0.25) is 0 Å². The van der Waals surface area contributed by atoms with Crippen molar-refractivity contribution in [3.05, 3.63) is 23.8 Å². The number of guanidine groups is 1. The quantitative estimate of drug-likeness (QED) is 0.350. The number of primary amides is 1. The Morgan fingerprint density at radius 1 is 1.32 bits per heavy atom. The summed E-state index contributed by atoms with van der Waals surface area (Å²) in [5.41, 5.74) is 16.0. The first-order valence-corrected chi connectivity index (χ1v) is 5.24. The summed E-state index contributed by atoms with van der Waals surface area (Å²) in [6.07, 6.45) is 1.44. The first-order chi connectivity index (χ1) is 9.02. The molecule has 8 heteroatoms. The molecule has 1 rings (SSSR count). The van der Waals surface area contributed by atoms with E-state index in [1.165, 1.54) is 13.3 Å². The van der Waals surface area contributed by atoms with E-state index in [9.17, 15) is 4.79 Å². The van der Waals surface area contributed by atoms with Crippen molar-refractivity contribution < 1.29 is 14.3 Å². The lowest BCUT2D eigenvalue weighted by molar-refractivity contribution is -0.119.